The van der Waals surface area contributed by atoms with Crippen molar-refractivity contribution in [2.24, 2.45) is 4.99 Å². The number of fused-ring (bicyclic) bond motifs is 5. The average molecular weight is 481 g/mol. The first-order valence-corrected chi connectivity index (χ1v) is 12.7. The Morgan fingerprint density at radius 1 is 1.07 bits per heavy atom. The van der Waals surface area contributed by atoms with Gasteiger partial charge in [-0.2, -0.15) is 0 Å². The molecule has 4 heteroatoms. The number of aromatic nitrogens is 1. The molecule has 0 atom stereocenters. The molecular weight excluding hydrogens is 458 g/mol. The third-order valence-electron chi connectivity index (χ3n) is 6.18. The summed E-state index contributed by atoms with van der Waals surface area (Å²) in [5, 5.41) is 3.66. The predicted molar refractivity (Wildman–Crippen MR) is 118 cm³/mol. The van der Waals surface area contributed by atoms with E-state index in [1.165, 1.54) is 64.3 Å². The van der Waals surface area contributed by atoms with Gasteiger partial charge in [-0.1, -0.05) is 0 Å². The number of nitrogens with zero attached hydrogens (tertiary/aromatic N) is 3. The maximum absolute atomic E-state index is 5.28. The molecule has 0 unspecified atom stereocenters. The fraction of sp³-hybridized carbons (Fsp3) is 0.333. The average Bonchev–Trinajstić information content (AvgIpc) is 2.74. The Hall–Kier alpha value is -1.89. The maximum atomic E-state index is 5.28. The minimum absolute atomic E-state index is 0.462. The van der Waals surface area contributed by atoms with Crippen LogP contribution in [0.4, 0.5) is 5.69 Å². The summed E-state index contributed by atoms with van der Waals surface area (Å²) in [6.45, 7) is 5.41. The molecule has 4 aliphatic rings. The van der Waals surface area contributed by atoms with E-state index in [4.69, 9.17) is 9.98 Å². The van der Waals surface area contributed by atoms with Crippen LogP contribution in [0.1, 0.15) is 30.9 Å². The number of hydrogen-bond donors (Lipinski definition) is 0. The van der Waals surface area contributed by atoms with Gasteiger partial charge in [-0.05, 0) is 0 Å². The molecule has 0 radical (unpaired) electrons. The Bertz CT molecular complexity index is 1270. The van der Waals surface area contributed by atoms with E-state index in [2.05, 4.69) is 48.2 Å². The van der Waals surface area contributed by atoms with Crippen LogP contribution >= 0.6 is 0 Å². The van der Waals surface area contributed by atoms with Crippen LogP contribution < -0.4 is 10.3 Å². The number of hydrogen-bond acceptors (Lipinski definition) is 3. The topological polar surface area (TPSA) is 28.5 Å². The normalized spacial score (nSPS) is 16.9. The SMILES string of the molecule is CCN=c1cc2[te]c3c4c5c(cc3nc-2c2ccccc12)CCCN5CCC4. The van der Waals surface area contributed by atoms with Gasteiger partial charge in [-0.3, -0.25) is 0 Å². The molecule has 0 N–H and O–H groups in total. The van der Waals surface area contributed by atoms with Crippen molar-refractivity contribution in [1.82, 2.24) is 4.98 Å². The summed E-state index contributed by atoms with van der Waals surface area (Å²) >= 11 is -0.462. The van der Waals surface area contributed by atoms with Crippen LogP contribution in [0, 0.1) is 0 Å². The molecule has 1 aliphatic carbocycles. The standard InChI is InChI=1S/C24H23N3Te/c1-2-25-19-14-21-22(17-9-4-3-8-16(17)19)26-20-13-15-7-5-11-27-12-6-10-18(23(15)27)24(20)28-21/h3-4,8-9,13-14H,2,5-7,10-12H2,1H3. The number of aryl methyl sites for hydroxylation is 2. The molecule has 3 nitrogen and oxygen atoms in total. The molecule has 3 aliphatic heterocycles. The first-order chi connectivity index (χ1) is 13.8. The van der Waals surface area contributed by atoms with Crippen LogP contribution in [0.15, 0.2) is 41.4 Å². The van der Waals surface area contributed by atoms with E-state index >= 15 is 0 Å². The first-order valence-electron chi connectivity index (χ1n) is 10.4. The molecule has 0 saturated carbocycles. The Labute approximate surface area is 174 Å². The molecule has 2 aromatic rings. The molecule has 0 amide bonds. The summed E-state index contributed by atoms with van der Waals surface area (Å²) in [4.78, 5) is 12.7. The van der Waals surface area contributed by atoms with Crippen LogP contribution in [-0.4, -0.2) is 45.0 Å². The van der Waals surface area contributed by atoms with Crippen LogP contribution in [0.2, 0.25) is 0 Å². The molecule has 28 heavy (non-hydrogen) atoms. The number of anilines is 1. The molecule has 140 valence electrons. The summed E-state index contributed by atoms with van der Waals surface area (Å²) < 4.78 is 3.06. The van der Waals surface area contributed by atoms with Crippen molar-refractivity contribution in [3.05, 3.63) is 52.9 Å². The van der Waals surface area contributed by atoms with Gasteiger partial charge < -0.3 is 0 Å². The molecule has 0 fully saturated rings. The van der Waals surface area contributed by atoms with Gasteiger partial charge in [0.2, 0.25) is 0 Å². The zero-order valence-corrected chi connectivity index (χ0v) is 18.5. The molecular formula is C24H23N3Te. The van der Waals surface area contributed by atoms with Crippen molar-refractivity contribution in [3.63, 3.8) is 0 Å². The Morgan fingerprint density at radius 2 is 1.89 bits per heavy atom. The first kappa shape index (κ1) is 17.0. The van der Waals surface area contributed by atoms with Crippen LogP contribution in [-0.2, 0) is 12.8 Å². The fourth-order valence-electron chi connectivity index (χ4n) is 5.05. The van der Waals surface area contributed by atoms with Gasteiger partial charge in [-0.15, -0.1) is 0 Å². The van der Waals surface area contributed by atoms with Crippen molar-refractivity contribution in [3.8, 4) is 9.27 Å². The third-order valence-corrected chi connectivity index (χ3v) is 9.58. The molecule has 0 bridgehead atoms. The summed E-state index contributed by atoms with van der Waals surface area (Å²) in [6, 6.07) is 13.5. The van der Waals surface area contributed by atoms with Gasteiger partial charge >= 0.3 is 175 Å². The van der Waals surface area contributed by atoms with Crippen molar-refractivity contribution < 1.29 is 0 Å². The van der Waals surface area contributed by atoms with Crippen molar-refractivity contribution in [2.75, 3.05) is 24.5 Å². The molecule has 0 saturated heterocycles. The summed E-state index contributed by atoms with van der Waals surface area (Å²) in [5.41, 5.74) is 7.26. The minimum atomic E-state index is -0.462. The van der Waals surface area contributed by atoms with E-state index in [1.807, 2.05) is 0 Å². The van der Waals surface area contributed by atoms with Gasteiger partial charge in [0.15, 0.2) is 0 Å². The number of benzene rings is 3. The molecule has 6 rings (SSSR count). The Kier molecular flexibility index (Phi) is 4.00. The summed E-state index contributed by atoms with van der Waals surface area (Å²) in [6.07, 6.45) is 5.02. The zero-order chi connectivity index (χ0) is 18.7. The van der Waals surface area contributed by atoms with Crippen LogP contribution in [0.5, 0.6) is 0 Å². The van der Waals surface area contributed by atoms with Crippen LogP contribution in [0.25, 0.3) is 29.0 Å². The van der Waals surface area contributed by atoms with E-state index in [9.17, 15) is 0 Å². The third kappa shape index (κ3) is 2.48. The Morgan fingerprint density at radius 3 is 2.75 bits per heavy atom. The quantitative estimate of drug-likeness (QED) is 0.232. The summed E-state index contributed by atoms with van der Waals surface area (Å²) in [7, 11) is 0. The second-order valence-corrected chi connectivity index (χ2v) is 10.9. The number of rotatable bonds is 1. The van der Waals surface area contributed by atoms with Crippen molar-refractivity contribution in [2.45, 2.75) is 32.6 Å². The van der Waals surface area contributed by atoms with Gasteiger partial charge in [0.1, 0.15) is 0 Å². The molecule has 0 aromatic heterocycles. The molecule has 3 heterocycles. The molecule has 0 spiro atoms. The predicted octanol–water partition coefficient (Wildman–Crippen LogP) is 4.17. The van der Waals surface area contributed by atoms with E-state index in [0.29, 0.717) is 0 Å². The Balaban J connectivity index is 1.75. The van der Waals surface area contributed by atoms with Crippen molar-refractivity contribution in [1.29, 1.82) is 0 Å². The fourth-order valence-corrected chi connectivity index (χ4v) is 8.40. The van der Waals surface area contributed by atoms with E-state index in [-0.39, 0.29) is 0 Å². The van der Waals surface area contributed by atoms with Crippen LogP contribution in [0.3, 0.4) is 0 Å². The van der Waals surface area contributed by atoms with E-state index in [0.717, 1.165) is 11.9 Å². The summed E-state index contributed by atoms with van der Waals surface area (Å²) in [5.74, 6) is 0. The second-order valence-electron chi connectivity index (χ2n) is 7.88. The molecule has 2 aromatic carbocycles. The van der Waals surface area contributed by atoms with Gasteiger partial charge in [-0.25, -0.2) is 0 Å². The van der Waals surface area contributed by atoms with Gasteiger partial charge in [0.25, 0.3) is 0 Å². The van der Waals surface area contributed by atoms with Gasteiger partial charge in [0, 0.05) is 0 Å². The van der Waals surface area contributed by atoms with Crippen molar-refractivity contribution >= 4 is 45.8 Å². The van der Waals surface area contributed by atoms with E-state index in [1.54, 1.807) is 20.2 Å². The van der Waals surface area contributed by atoms with E-state index < -0.39 is 20.4 Å². The zero-order valence-electron chi connectivity index (χ0n) is 16.2. The van der Waals surface area contributed by atoms with Gasteiger partial charge in [0.05, 0.1) is 0 Å². The second kappa shape index (κ2) is 6.58. The monoisotopic (exact) mass is 483 g/mol.